The Kier molecular flexibility index (Phi) is 6.85. The van der Waals surface area contributed by atoms with E-state index in [9.17, 15) is 4.79 Å². The van der Waals surface area contributed by atoms with Crippen LogP contribution in [0.2, 0.25) is 0 Å². The van der Waals surface area contributed by atoms with Gasteiger partial charge in [0.1, 0.15) is 0 Å². The summed E-state index contributed by atoms with van der Waals surface area (Å²) in [7, 11) is 0. The summed E-state index contributed by atoms with van der Waals surface area (Å²) in [6.07, 6.45) is 0.872. The standard InChI is InChI=1S/C21H31N5O2S/c1-6-21(4,5)22-18(27)16(3)29-20-24-23-19(25-10-12-28-13-11-25)26(20)17-9-7-8-15(2)14-17/h7-9,14,16H,6,10-13H2,1-5H3,(H,22,27). The molecule has 1 fully saturated rings. The van der Waals surface area contributed by atoms with Gasteiger partial charge in [-0.25, -0.2) is 0 Å². The third-order valence-electron chi connectivity index (χ3n) is 5.17. The van der Waals surface area contributed by atoms with E-state index in [1.165, 1.54) is 11.8 Å². The minimum absolute atomic E-state index is 0.00793. The number of nitrogens with one attached hydrogen (secondary N) is 1. The molecule has 158 valence electrons. The molecule has 8 heteroatoms. The maximum absolute atomic E-state index is 12.7. The molecule has 1 amide bonds. The first-order chi connectivity index (χ1) is 13.8. The summed E-state index contributed by atoms with van der Waals surface area (Å²) in [4.78, 5) is 14.9. The van der Waals surface area contributed by atoms with Crippen LogP contribution in [-0.4, -0.2) is 57.8 Å². The van der Waals surface area contributed by atoms with Crippen molar-refractivity contribution in [3.63, 3.8) is 0 Å². The Labute approximate surface area is 177 Å². The van der Waals surface area contributed by atoms with E-state index in [-0.39, 0.29) is 16.7 Å². The average Bonchev–Trinajstić information content (AvgIpc) is 3.12. The maximum atomic E-state index is 12.7. The number of rotatable bonds is 7. The fraction of sp³-hybridized carbons (Fsp3) is 0.571. The molecule has 2 aromatic rings. The van der Waals surface area contributed by atoms with E-state index in [0.29, 0.717) is 18.4 Å². The Morgan fingerprint density at radius 3 is 2.69 bits per heavy atom. The molecule has 1 aromatic carbocycles. The van der Waals surface area contributed by atoms with Crippen LogP contribution in [0, 0.1) is 6.92 Å². The van der Waals surface area contributed by atoms with Gasteiger partial charge in [-0.1, -0.05) is 30.8 Å². The molecule has 1 unspecified atom stereocenters. The summed E-state index contributed by atoms with van der Waals surface area (Å²) in [6.45, 7) is 13.0. The van der Waals surface area contributed by atoms with E-state index in [4.69, 9.17) is 4.74 Å². The maximum Gasteiger partial charge on any atom is 0.233 e. The molecule has 3 rings (SSSR count). The zero-order valence-electron chi connectivity index (χ0n) is 17.9. The highest BCUT2D eigenvalue weighted by Crippen LogP contribution is 2.30. The van der Waals surface area contributed by atoms with Crippen molar-refractivity contribution >= 4 is 23.6 Å². The molecule has 0 bridgehead atoms. The number of thioether (sulfide) groups is 1. The number of carbonyl (C=O) groups is 1. The first-order valence-electron chi connectivity index (χ1n) is 10.1. The van der Waals surface area contributed by atoms with E-state index >= 15 is 0 Å². The van der Waals surface area contributed by atoms with E-state index in [2.05, 4.69) is 57.0 Å². The SMILES string of the molecule is CCC(C)(C)NC(=O)C(C)Sc1nnc(N2CCOCC2)n1-c1cccc(C)c1. The number of hydrogen-bond donors (Lipinski definition) is 1. The van der Waals surface area contributed by atoms with Gasteiger partial charge in [-0.05, 0) is 51.8 Å². The zero-order valence-corrected chi connectivity index (χ0v) is 18.8. The molecular weight excluding hydrogens is 386 g/mol. The number of hydrogen-bond acceptors (Lipinski definition) is 6. The minimum Gasteiger partial charge on any atom is -0.378 e. The lowest BCUT2D eigenvalue weighted by atomic mass is 10.0. The van der Waals surface area contributed by atoms with Crippen LogP contribution in [0.5, 0.6) is 0 Å². The minimum atomic E-state index is -0.286. The molecule has 1 aromatic heterocycles. The van der Waals surface area contributed by atoms with Gasteiger partial charge in [-0.15, -0.1) is 10.2 Å². The van der Waals surface area contributed by atoms with Crippen molar-refractivity contribution in [1.82, 2.24) is 20.1 Å². The van der Waals surface area contributed by atoms with Crippen LogP contribution in [0.25, 0.3) is 5.69 Å². The van der Waals surface area contributed by atoms with Gasteiger partial charge in [-0.2, -0.15) is 0 Å². The Hall–Kier alpha value is -2.06. The van der Waals surface area contributed by atoms with Crippen LogP contribution in [0.15, 0.2) is 29.4 Å². The molecule has 0 spiro atoms. The summed E-state index contributed by atoms with van der Waals surface area (Å²) < 4.78 is 7.54. The fourth-order valence-corrected chi connectivity index (χ4v) is 3.90. The quantitative estimate of drug-likeness (QED) is 0.698. The number of benzene rings is 1. The molecule has 0 radical (unpaired) electrons. The summed E-state index contributed by atoms with van der Waals surface area (Å²) in [5.74, 6) is 0.802. The van der Waals surface area contributed by atoms with Crippen LogP contribution in [0.1, 0.15) is 39.7 Å². The number of amides is 1. The summed E-state index contributed by atoms with van der Waals surface area (Å²) in [5.41, 5.74) is 1.94. The van der Waals surface area contributed by atoms with E-state index in [1.54, 1.807) is 0 Å². The Morgan fingerprint density at radius 1 is 1.31 bits per heavy atom. The second kappa shape index (κ2) is 9.17. The molecule has 1 aliphatic rings. The van der Waals surface area contributed by atoms with Gasteiger partial charge in [0.2, 0.25) is 11.9 Å². The van der Waals surface area contributed by atoms with Gasteiger partial charge in [0.05, 0.1) is 24.2 Å². The van der Waals surface area contributed by atoms with Crippen molar-refractivity contribution in [2.24, 2.45) is 0 Å². The number of ether oxygens (including phenoxy) is 1. The summed E-state index contributed by atoms with van der Waals surface area (Å²) in [6, 6.07) is 8.26. The van der Waals surface area contributed by atoms with Gasteiger partial charge in [0, 0.05) is 18.6 Å². The molecule has 0 saturated carbocycles. The van der Waals surface area contributed by atoms with Crippen LogP contribution in [0.3, 0.4) is 0 Å². The first kappa shape index (κ1) is 21.6. The third-order valence-corrected chi connectivity index (χ3v) is 6.21. The second-order valence-electron chi connectivity index (χ2n) is 8.04. The van der Waals surface area contributed by atoms with Crippen molar-refractivity contribution in [2.75, 3.05) is 31.2 Å². The number of carbonyl (C=O) groups excluding carboxylic acids is 1. The molecule has 1 N–H and O–H groups in total. The molecule has 1 saturated heterocycles. The lowest BCUT2D eigenvalue weighted by Gasteiger charge is -2.28. The third kappa shape index (κ3) is 5.30. The van der Waals surface area contributed by atoms with Crippen LogP contribution < -0.4 is 10.2 Å². The summed E-state index contributed by atoms with van der Waals surface area (Å²) >= 11 is 1.43. The average molecular weight is 418 g/mol. The lowest BCUT2D eigenvalue weighted by molar-refractivity contribution is -0.121. The van der Waals surface area contributed by atoms with E-state index < -0.39 is 0 Å². The number of anilines is 1. The Balaban J connectivity index is 1.90. The van der Waals surface area contributed by atoms with Crippen LogP contribution >= 0.6 is 11.8 Å². The lowest BCUT2D eigenvalue weighted by Crippen LogP contribution is -2.46. The Bertz CT molecular complexity index is 845. The van der Waals surface area contributed by atoms with Crippen molar-refractivity contribution in [3.8, 4) is 5.69 Å². The molecule has 1 aliphatic heterocycles. The fourth-order valence-electron chi connectivity index (χ4n) is 3.03. The zero-order chi connectivity index (χ0) is 21.0. The molecule has 0 aliphatic carbocycles. The van der Waals surface area contributed by atoms with E-state index in [0.717, 1.165) is 36.7 Å². The van der Waals surface area contributed by atoms with Crippen molar-refractivity contribution < 1.29 is 9.53 Å². The normalized spacial score (nSPS) is 16.0. The van der Waals surface area contributed by atoms with Gasteiger partial charge in [0.15, 0.2) is 5.16 Å². The van der Waals surface area contributed by atoms with Crippen LogP contribution in [0.4, 0.5) is 5.95 Å². The first-order valence-corrected chi connectivity index (χ1v) is 11.0. The molecule has 1 atom stereocenters. The van der Waals surface area contributed by atoms with Gasteiger partial charge >= 0.3 is 0 Å². The molecule has 7 nitrogen and oxygen atoms in total. The topological polar surface area (TPSA) is 72.3 Å². The highest BCUT2D eigenvalue weighted by Gasteiger charge is 2.27. The predicted octanol–water partition coefficient (Wildman–Crippen LogP) is 3.20. The van der Waals surface area contributed by atoms with Gasteiger partial charge in [0.25, 0.3) is 0 Å². The van der Waals surface area contributed by atoms with Crippen molar-refractivity contribution in [3.05, 3.63) is 29.8 Å². The molecule has 29 heavy (non-hydrogen) atoms. The number of aromatic nitrogens is 3. The summed E-state index contributed by atoms with van der Waals surface area (Å²) in [5, 5.41) is 12.5. The van der Waals surface area contributed by atoms with Crippen LogP contribution in [-0.2, 0) is 9.53 Å². The highest BCUT2D eigenvalue weighted by molar-refractivity contribution is 8.00. The molecular formula is C21H31N5O2S. The van der Waals surface area contributed by atoms with Crippen molar-refractivity contribution in [1.29, 1.82) is 0 Å². The van der Waals surface area contributed by atoms with Gasteiger partial charge in [-0.3, -0.25) is 9.36 Å². The number of morpholine rings is 1. The number of nitrogens with zero attached hydrogens (tertiary/aromatic N) is 4. The van der Waals surface area contributed by atoms with Gasteiger partial charge < -0.3 is 15.0 Å². The predicted molar refractivity (Wildman–Crippen MR) is 117 cm³/mol. The van der Waals surface area contributed by atoms with Crippen molar-refractivity contribution in [2.45, 2.75) is 57.0 Å². The largest absolute Gasteiger partial charge is 0.378 e. The monoisotopic (exact) mass is 417 g/mol. The second-order valence-corrected chi connectivity index (χ2v) is 9.35. The highest BCUT2D eigenvalue weighted by atomic mass is 32.2. The smallest absolute Gasteiger partial charge is 0.233 e. The Morgan fingerprint density at radius 2 is 2.03 bits per heavy atom. The molecule has 2 heterocycles. The van der Waals surface area contributed by atoms with E-state index in [1.807, 2.05) is 26.8 Å². The number of aryl methyl sites for hydroxylation is 1.